The monoisotopic (exact) mass is 510 g/mol. The number of nitrogens with zero attached hydrogens (tertiary/aromatic N) is 2. The van der Waals surface area contributed by atoms with Crippen LogP contribution in [0.15, 0.2) is 48.5 Å². The van der Waals surface area contributed by atoms with Crippen molar-refractivity contribution >= 4 is 17.5 Å². The van der Waals surface area contributed by atoms with Gasteiger partial charge >= 0.3 is 0 Å². The van der Waals surface area contributed by atoms with E-state index in [-0.39, 0.29) is 17.9 Å². The first-order valence-electron chi connectivity index (χ1n) is 13.7. The van der Waals surface area contributed by atoms with Gasteiger partial charge in [0.25, 0.3) is 5.91 Å². The number of ether oxygens (including phenoxy) is 2. The van der Waals surface area contributed by atoms with E-state index in [2.05, 4.69) is 29.2 Å². The lowest BCUT2D eigenvalue weighted by Gasteiger charge is -2.45. The highest BCUT2D eigenvalue weighted by Crippen LogP contribution is 2.40. The summed E-state index contributed by atoms with van der Waals surface area (Å²) < 4.78 is 12.0. The molecule has 194 valence electrons. The van der Waals surface area contributed by atoms with Gasteiger partial charge < -0.3 is 14.4 Å². The Morgan fingerprint density at radius 2 is 1.78 bits per heavy atom. The molecule has 2 aliphatic heterocycles. The highest BCUT2D eigenvalue weighted by Gasteiger charge is 2.38. The average molecular weight is 511 g/mol. The summed E-state index contributed by atoms with van der Waals surface area (Å²) >= 11 is 5.95. The summed E-state index contributed by atoms with van der Waals surface area (Å²) in [5, 5.41) is 0.665. The molecule has 1 saturated carbocycles. The smallest absolute Gasteiger partial charge is 0.260 e. The van der Waals surface area contributed by atoms with Gasteiger partial charge in [-0.25, -0.2) is 0 Å². The van der Waals surface area contributed by atoms with E-state index in [0.29, 0.717) is 10.8 Å². The first-order chi connectivity index (χ1) is 17.6. The number of fused-ring (bicyclic) bond motifs is 1. The summed E-state index contributed by atoms with van der Waals surface area (Å²) in [6, 6.07) is 15.7. The first kappa shape index (κ1) is 25.4. The summed E-state index contributed by atoms with van der Waals surface area (Å²) in [4.78, 5) is 17.6. The second kappa shape index (κ2) is 11.9. The van der Waals surface area contributed by atoms with Gasteiger partial charge in [0.05, 0.1) is 0 Å². The molecule has 2 aromatic rings. The molecular weight excluding hydrogens is 472 g/mol. The fourth-order valence-electron chi connectivity index (χ4n) is 5.81. The Morgan fingerprint density at radius 1 is 1.00 bits per heavy atom. The molecule has 1 saturated heterocycles. The van der Waals surface area contributed by atoms with Gasteiger partial charge in [-0.05, 0) is 92.2 Å². The standard InChI is InChI=1S/C30H39ClN2O3/c31-26-10-12-27(13-11-26)36-22-29(34)33-17-15-30(16-18-33)14-4-3-6-25-5-1-2-7-28(25)35-20-19-32(23-30)21-24-8-9-24/h1-2,5,7,10-13,24H,3-4,6,8-9,14-23H2. The zero-order chi connectivity index (χ0) is 24.8. The van der Waals surface area contributed by atoms with Gasteiger partial charge in [0, 0.05) is 37.7 Å². The largest absolute Gasteiger partial charge is 0.492 e. The van der Waals surface area contributed by atoms with Gasteiger partial charge in [-0.1, -0.05) is 36.2 Å². The maximum absolute atomic E-state index is 12.9. The van der Waals surface area contributed by atoms with E-state index >= 15 is 0 Å². The van der Waals surface area contributed by atoms with E-state index in [9.17, 15) is 4.79 Å². The van der Waals surface area contributed by atoms with Crippen molar-refractivity contribution in [1.29, 1.82) is 0 Å². The fourth-order valence-corrected chi connectivity index (χ4v) is 5.94. The lowest BCUT2D eigenvalue weighted by molar-refractivity contribution is -0.136. The number of halogens is 1. The zero-order valence-electron chi connectivity index (χ0n) is 21.3. The van der Waals surface area contributed by atoms with Crippen molar-refractivity contribution in [2.24, 2.45) is 11.3 Å². The number of piperidine rings is 1. The van der Waals surface area contributed by atoms with E-state index in [1.165, 1.54) is 44.2 Å². The summed E-state index contributed by atoms with van der Waals surface area (Å²) in [5.41, 5.74) is 1.61. The lowest BCUT2D eigenvalue weighted by atomic mass is 9.73. The molecule has 2 fully saturated rings. The highest BCUT2D eigenvalue weighted by molar-refractivity contribution is 6.30. The molecule has 5 rings (SSSR count). The molecule has 5 nitrogen and oxygen atoms in total. The Balaban J connectivity index is 1.20. The number of carbonyl (C=O) groups excluding carboxylic acids is 1. The van der Waals surface area contributed by atoms with Gasteiger partial charge in [0.1, 0.15) is 18.1 Å². The van der Waals surface area contributed by atoms with E-state index in [1.54, 1.807) is 12.1 Å². The molecule has 1 amide bonds. The van der Waals surface area contributed by atoms with Gasteiger partial charge in [0.15, 0.2) is 6.61 Å². The molecule has 0 bridgehead atoms. The van der Waals surface area contributed by atoms with Crippen molar-refractivity contribution in [2.75, 3.05) is 45.9 Å². The number of hydrogen-bond acceptors (Lipinski definition) is 4. The van der Waals surface area contributed by atoms with Crippen LogP contribution >= 0.6 is 11.6 Å². The topological polar surface area (TPSA) is 42.0 Å². The molecule has 0 aromatic heterocycles. The molecule has 2 heterocycles. The van der Waals surface area contributed by atoms with Crippen LogP contribution in [0.25, 0.3) is 0 Å². The Hall–Kier alpha value is -2.24. The van der Waals surface area contributed by atoms with Gasteiger partial charge in [-0.15, -0.1) is 0 Å². The maximum atomic E-state index is 12.9. The SMILES string of the molecule is O=C(COc1ccc(Cl)cc1)N1CCC2(CCCCc3ccccc3OCCN(CC3CC3)C2)CC1. The van der Waals surface area contributed by atoms with Crippen molar-refractivity contribution in [3.63, 3.8) is 0 Å². The number of hydrogen-bond donors (Lipinski definition) is 0. The summed E-state index contributed by atoms with van der Waals surface area (Å²) in [7, 11) is 0. The molecule has 1 aliphatic carbocycles. The Kier molecular flexibility index (Phi) is 8.38. The predicted octanol–water partition coefficient (Wildman–Crippen LogP) is 5.85. The quantitative estimate of drug-likeness (QED) is 0.506. The molecule has 6 heteroatoms. The minimum Gasteiger partial charge on any atom is -0.492 e. The number of rotatable bonds is 5. The van der Waals surface area contributed by atoms with Crippen LogP contribution in [0.3, 0.4) is 0 Å². The number of likely N-dealkylation sites (tertiary alicyclic amines) is 1. The van der Waals surface area contributed by atoms with Crippen molar-refractivity contribution < 1.29 is 14.3 Å². The third-order valence-corrected chi connectivity index (χ3v) is 8.42. The Morgan fingerprint density at radius 3 is 2.56 bits per heavy atom. The summed E-state index contributed by atoms with van der Waals surface area (Å²) in [6.45, 7) is 5.75. The molecule has 0 unspecified atom stereocenters. The first-order valence-corrected chi connectivity index (χ1v) is 14.1. The normalized spacial score (nSPS) is 21.1. The molecule has 0 N–H and O–H groups in total. The van der Waals surface area contributed by atoms with Crippen molar-refractivity contribution in [2.45, 2.75) is 51.4 Å². The van der Waals surface area contributed by atoms with Crippen LogP contribution in [0, 0.1) is 11.3 Å². The maximum Gasteiger partial charge on any atom is 0.260 e. The van der Waals surface area contributed by atoms with Gasteiger partial charge in [0.2, 0.25) is 0 Å². The van der Waals surface area contributed by atoms with Crippen LogP contribution in [0.5, 0.6) is 11.5 Å². The van der Waals surface area contributed by atoms with Crippen LogP contribution in [0.2, 0.25) is 5.02 Å². The Labute approximate surface area is 220 Å². The van der Waals surface area contributed by atoms with E-state index in [1.807, 2.05) is 17.0 Å². The van der Waals surface area contributed by atoms with Crippen LogP contribution in [0.1, 0.15) is 50.5 Å². The summed E-state index contributed by atoms with van der Waals surface area (Å²) in [5.74, 6) is 2.67. The van der Waals surface area contributed by atoms with Gasteiger partial charge in [-0.2, -0.15) is 0 Å². The van der Waals surface area contributed by atoms with E-state index in [4.69, 9.17) is 21.1 Å². The van der Waals surface area contributed by atoms with Crippen LogP contribution in [-0.4, -0.2) is 61.6 Å². The molecular formula is C30H39ClN2O3. The third-order valence-electron chi connectivity index (χ3n) is 8.17. The van der Waals surface area contributed by atoms with Crippen LogP contribution < -0.4 is 9.47 Å². The zero-order valence-corrected chi connectivity index (χ0v) is 22.1. The number of carbonyl (C=O) groups is 1. The Bertz CT molecular complexity index is 1000. The fraction of sp³-hybridized carbons (Fsp3) is 0.567. The van der Waals surface area contributed by atoms with E-state index < -0.39 is 0 Å². The number of benzene rings is 2. The lowest BCUT2D eigenvalue weighted by Crippen LogP contribution is -2.49. The summed E-state index contributed by atoms with van der Waals surface area (Å²) in [6.07, 6.45) is 9.58. The van der Waals surface area contributed by atoms with Crippen molar-refractivity contribution in [3.8, 4) is 11.5 Å². The molecule has 2 aromatic carbocycles. The van der Waals surface area contributed by atoms with E-state index in [0.717, 1.165) is 63.7 Å². The molecule has 0 atom stereocenters. The average Bonchev–Trinajstić information content (AvgIpc) is 3.71. The third kappa shape index (κ3) is 6.95. The number of para-hydroxylation sites is 1. The highest BCUT2D eigenvalue weighted by atomic mass is 35.5. The van der Waals surface area contributed by atoms with Crippen LogP contribution in [0.4, 0.5) is 0 Å². The molecule has 0 radical (unpaired) electrons. The number of aryl methyl sites for hydroxylation is 1. The second-order valence-electron chi connectivity index (χ2n) is 11.0. The van der Waals surface area contributed by atoms with Crippen molar-refractivity contribution in [3.05, 3.63) is 59.1 Å². The minimum absolute atomic E-state index is 0.0767. The second-order valence-corrected chi connectivity index (χ2v) is 11.4. The molecule has 1 spiro atoms. The predicted molar refractivity (Wildman–Crippen MR) is 144 cm³/mol. The van der Waals surface area contributed by atoms with Gasteiger partial charge in [-0.3, -0.25) is 9.69 Å². The van der Waals surface area contributed by atoms with Crippen molar-refractivity contribution in [1.82, 2.24) is 9.80 Å². The number of amides is 1. The molecule has 3 aliphatic rings. The van der Waals surface area contributed by atoms with Crippen LogP contribution in [-0.2, 0) is 11.2 Å². The minimum atomic E-state index is 0.0767. The molecule has 36 heavy (non-hydrogen) atoms.